The highest BCUT2D eigenvalue weighted by Crippen LogP contribution is 2.21. The van der Waals surface area contributed by atoms with Gasteiger partial charge in [0.1, 0.15) is 5.56 Å². The molecule has 1 fully saturated rings. The maximum atomic E-state index is 12.5. The smallest absolute Gasteiger partial charge is 0.340 e. The highest BCUT2D eigenvalue weighted by atomic mass is 32.2. The average molecular weight is 316 g/mol. The Kier molecular flexibility index (Phi) is 4.01. The Morgan fingerprint density at radius 2 is 2.05 bits per heavy atom. The molecule has 21 heavy (non-hydrogen) atoms. The molecule has 1 aliphatic rings. The fourth-order valence-electron chi connectivity index (χ4n) is 2.13. The first-order chi connectivity index (χ1) is 9.75. The predicted octanol–water partition coefficient (Wildman–Crippen LogP) is -0.731. The number of nitrogens with zero attached hydrogens (tertiary/aromatic N) is 3. The van der Waals surface area contributed by atoms with Crippen LogP contribution in [0.2, 0.25) is 0 Å². The lowest BCUT2D eigenvalue weighted by Gasteiger charge is -2.18. The Morgan fingerprint density at radius 1 is 1.38 bits per heavy atom. The number of sulfonamides is 1. The minimum atomic E-state index is -4.13. The van der Waals surface area contributed by atoms with Crippen LogP contribution in [0.25, 0.3) is 0 Å². The maximum absolute atomic E-state index is 12.5. The number of likely N-dealkylation sites (N-methyl/N-ethyl adjacent to an activating group) is 1. The van der Waals surface area contributed by atoms with Gasteiger partial charge in [-0.3, -0.25) is 9.89 Å². The van der Waals surface area contributed by atoms with Gasteiger partial charge in [-0.05, 0) is 13.3 Å². The summed E-state index contributed by atoms with van der Waals surface area (Å²) in [6, 6.07) is 0. The lowest BCUT2D eigenvalue weighted by atomic mass is 10.3. The van der Waals surface area contributed by atoms with Crippen LogP contribution in [0.1, 0.15) is 22.5 Å². The van der Waals surface area contributed by atoms with Crippen molar-refractivity contribution in [2.24, 2.45) is 0 Å². The molecule has 1 saturated heterocycles. The summed E-state index contributed by atoms with van der Waals surface area (Å²) in [6.07, 6.45) is 0.479. The first-order valence-electron chi connectivity index (χ1n) is 6.27. The first kappa shape index (κ1) is 15.4. The topological polar surface area (TPSA) is 124 Å². The second-order valence-corrected chi connectivity index (χ2v) is 6.69. The van der Waals surface area contributed by atoms with E-state index in [1.54, 1.807) is 7.05 Å². The third-order valence-electron chi connectivity index (χ3n) is 3.35. The monoisotopic (exact) mass is 316 g/mol. The molecule has 1 aliphatic heterocycles. The van der Waals surface area contributed by atoms with Crippen LogP contribution in [0.15, 0.2) is 5.03 Å². The summed E-state index contributed by atoms with van der Waals surface area (Å²) in [4.78, 5) is 24.4. The molecule has 10 heteroatoms. The lowest BCUT2D eigenvalue weighted by molar-refractivity contribution is -0.129. The molecule has 1 aromatic heterocycles. The normalized spacial score (nSPS) is 17.8. The van der Waals surface area contributed by atoms with E-state index in [0.29, 0.717) is 13.0 Å². The molecule has 1 aromatic rings. The van der Waals surface area contributed by atoms with Gasteiger partial charge in [0.05, 0.1) is 6.54 Å². The molecule has 0 saturated carbocycles. The van der Waals surface area contributed by atoms with Gasteiger partial charge in [-0.1, -0.05) is 0 Å². The molecular weight excluding hydrogens is 300 g/mol. The molecule has 116 valence electrons. The Bertz CT molecular complexity index is 681. The van der Waals surface area contributed by atoms with Crippen molar-refractivity contribution in [3.63, 3.8) is 0 Å². The van der Waals surface area contributed by atoms with Crippen LogP contribution < -0.4 is 0 Å². The Hall–Kier alpha value is -1.94. The Balaban J connectivity index is 2.43. The number of carboxylic acid groups (broad SMARTS) is 1. The molecule has 0 aliphatic carbocycles. The van der Waals surface area contributed by atoms with Gasteiger partial charge in [-0.15, -0.1) is 0 Å². The van der Waals surface area contributed by atoms with Crippen molar-refractivity contribution in [2.75, 3.05) is 26.7 Å². The number of H-pyrrole nitrogens is 1. The number of nitrogens with one attached hydrogen (secondary N) is 1. The number of hydrogen-bond donors (Lipinski definition) is 2. The van der Waals surface area contributed by atoms with Gasteiger partial charge >= 0.3 is 5.97 Å². The van der Waals surface area contributed by atoms with Crippen molar-refractivity contribution in [1.82, 2.24) is 19.4 Å². The predicted molar refractivity (Wildman–Crippen MR) is 71.3 cm³/mol. The van der Waals surface area contributed by atoms with Gasteiger partial charge in [0.2, 0.25) is 10.9 Å². The highest BCUT2D eigenvalue weighted by molar-refractivity contribution is 7.89. The number of carboxylic acids is 1. The van der Waals surface area contributed by atoms with E-state index >= 15 is 0 Å². The first-order valence-corrected chi connectivity index (χ1v) is 7.71. The number of hydrogen-bond acceptors (Lipinski definition) is 5. The fourth-order valence-corrected chi connectivity index (χ4v) is 3.69. The van der Waals surface area contributed by atoms with Gasteiger partial charge in [-0.25, -0.2) is 13.2 Å². The summed E-state index contributed by atoms with van der Waals surface area (Å²) >= 11 is 0. The summed E-state index contributed by atoms with van der Waals surface area (Å²) < 4.78 is 26.1. The standard InChI is InChI=1S/C11H16N4O5S/c1-7-9(11(17)18)10(13-12-7)21(19,20)15-5-3-4-14(2)8(16)6-15/h3-6H2,1-2H3,(H,12,13)(H,17,18). The zero-order valence-corrected chi connectivity index (χ0v) is 12.5. The molecule has 0 spiro atoms. The van der Waals surface area contributed by atoms with Gasteiger partial charge in [0.15, 0.2) is 0 Å². The van der Waals surface area contributed by atoms with E-state index in [1.165, 1.54) is 11.8 Å². The molecule has 0 radical (unpaired) electrons. The van der Waals surface area contributed by atoms with Crippen molar-refractivity contribution in [3.05, 3.63) is 11.3 Å². The number of aromatic nitrogens is 2. The van der Waals surface area contributed by atoms with Gasteiger partial charge in [-0.2, -0.15) is 9.40 Å². The van der Waals surface area contributed by atoms with Crippen LogP contribution in [0.5, 0.6) is 0 Å². The van der Waals surface area contributed by atoms with Crippen LogP contribution in [-0.4, -0.2) is 71.5 Å². The Labute approximate surface area is 121 Å². The number of aryl methyl sites for hydroxylation is 1. The van der Waals surface area contributed by atoms with Crippen molar-refractivity contribution < 1.29 is 23.1 Å². The van der Waals surface area contributed by atoms with Crippen LogP contribution in [0, 0.1) is 6.92 Å². The zero-order chi connectivity index (χ0) is 15.8. The van der Waals surface area contributed by atoms with E-state index in [4.69, 9.17) is 5.11 Å². The zero-order valence-electron chi connectivity index (χ0n) is 11.7. The molecule has 9 nitrogen and oxygen atoms in total. The van der Waals surface area contributed by atoms with Gasteiger partial charge in [0, 0.05) is 25.8 Å². The second-order valence-electron chi connectivity index (χ2n) is 4.84. The number of carbonyl (C=O) groups excluding carboxylic acids is 1. The third kappa shape index (κ3) is 2.76. The number of rotatable bonds is 3. The number of aromatic amines is 1. The van der Waals surface area contributed by atoms with E-state index in [-0.39, 0.29) is 30.3 Å². The summed E-state index contributed by atoms with van der Waals surface area (Å²) in [5, 5.41) is 14.5. The lowest BCUT2D eigenvalue weighted by Crippen LogP contribution is -2.38. The molecule has 0 unspecified atom stereocenters. The van der Waals surface area contributed by atoms with Crippen molar-refractivity contribution >= 4 is 21.9 Å². The SMILES string of the molecule is Cc1[nH]nc(S(=O)(=O)N2CCCN(C)C(=O)C2)c1C(=O)O. The minimum absolute atomic E-state index is 0.142. The van der Waals surface area contributed by atoms with Crippen LogP contribution >= 0.6 is 0 Å². The van der Waals surface area contributed by atoms with Crippen molar-refractivity contribution in [3.8, 4) is 0 Å². The summed E-state index contributed by atoms with van der Waals surface area (Å²) in [7, 11) is -2.54. The number of aromatic carboxylic acids is 1. The summed E-state index contributed by atoms with van der Waals surface area (Å²) in [5.41, 5.74) is -0.237. The number of amides is 1. The van der Waals surface area contributed by atoms with E-state index in [1.807, 2.05) is 0 Å². The number of carbonyl (C=O) groups is 2. The fraction of sp³-hybridized carbons (Fsp3) is 0.545. The largest absolute Gasteiger partial charge is 0.478 e. The van der Waals surface area contributed by atoms with Crippen LogP contribution in [-0.2, 0) is 14.8 Å². The average Bonchev–Trinajstić information content (AvgIpc) is 2.71. The van der Waals surface area contributed by atoms with Gasteiger partial charge < -0.3 is 10.0 Å². The highest BCUT2D eigenvalue weighted by Gasteiger charge is 2.35. The van der Waals surface area contributed by atoms with Crippen LogP contribution in [0.4, 0.5) is 0 Å². The quantitative estimate of drug-likeness (QED) is 0.757. The Morgan fingerprint density at radius 3 is 2.67 bits per heavy atom. The van der Waals surface area contributed by atoms with Crippen molar-refractivity contribution in [2.45, 2.75) is 18.4 Å². The molecule has 0 aromatic carbocycles. The maximum Gasteiger partial charge on any atom is 0.340 e. The molecule has 0 atom stereocenters. The molecule has 2 rings (SSSR count). The molecule has 0 bridgehead atoms. The third-order valence-corrected chi connectivity index (χ3v) is 5.13. The summed E-state index contributed by atoms with van der Waals surface area (Å²) in [5.74, 6) is -1.71. The molecular formula is C11H16N4O5S. The van der Waals surface area contributed by atoms with Crippen LogP contribution in [0.3, 0.4) is 0 Å². The molecule has 2 heterocycles. The summed E-state index contributed by atoms with van der Waals surface area (Å²) in [6.45, 7) is 1.71. The van der Waals surface area contributed by atoms with E-state index < -0.39 is 21.0 Å². The van der Waals surface area contributed by atoms with E-state index in [2.05, 4.69) is 10.2 Å². The molecule has 2 N–H and O–H groups in total. The van der Waals surface area contributed by atoms with Gasteiger partial charge in [0.25, 0.3) is 10.0 Å². The van der Waals surface area contributed by atoms with Crippen molar-refractivity contribution in [1.29, 1.82) is 0 Å². The van der Waals surface area contributed by atoms with E-state index in [0.717, 1.165) is 4.31 Å². The molecule has 1 amide bonds. The minimum Gasteiger partial charge on any atom is -0.478 e. The second kappa shape index (κ2) is 5.45. The van der Waals surface area contributed by atoms with E-state index in [9.17, 15) is 18.0 Å².